The van der Waals surface area contributed by atoms with Gasteiger partial charge in [-0.15, -0.1) is 0 Å². The molecule has 130 valence electrons. The van der Waals surface area contributed by atoms with Gasteiger partial charge in [-0.25, -0.2) is 4.79 Å². The summed E-state index contributed by atoms with van der Waals surface area (Å²) in [5, 5.41) is 25.0. The van der Waals surface area contributed by atoms with Crippen LogP contribution in [0.4, 0.5) is 4.79 Å². The summed E-state index contributed by atoms with van der Waals surface area (Å²) in [6, 6.07) is 10.0. The molecule has 2 amide bonds. The highest BCUT2D eigenvalue weighted by atomic mass is 16.4. The molecule has 1 aromatic heterocycles. The molecule has 6 heteroatoms. The first kappa shape index (κ1) is 17.9. The van der Waals surface area contributed by atoms with Gasteiger partial charge in [-0.1, -0.05) is 12.1 Å². The first-order valence-electron chi connectivity index (χ1n) is 7.95. The number of carbonyl (C=O) groups is 1. The summed E-state index contributed by atoms with van der Waals surface area (Å²) in [5.74, 6) is 0.649. The molecule has 0 aliphatic carbocycles. The third kappa shape index (κ3) is 5.31. The van der Waals surface area contributed by atoms with Crippen molar-refractivity contribution in [1.29, 1.82) is 0 Å². The van der Waals surface area contributed by atoms with E-state index in [1.807, 2.05) is 19.1 Å². The lowest BCUT2D eigenvalue weighted by atomic mass is 10.0. The lowest BCUT2D eigenvalue weighted by molar-refractivity contribution is 0.0366. The Hall–Kier alpha value is -2.47. The first-order valence-corrected chi connectivity index (χ1v) is 7.95. The maximum atomic E-state index is 11.9. The highest BCUT2D eigenvalue weighted by Crippen LogP contribution is 2.19. The van der Waals surface area contributed by atoms with Gasteiger partial charge in [0.15, 0.2) is 0 Å². The second-order valence-electron chi connectivity index (χ2n) is 6.18. The molecule has 1 aromatic carbocycles. The van der Waals surface area contributed by atoms with Gasteiger partial charge in [0.25, 0.3) is 0 Å². The van der Waals surface area contributed by atoms with E-state index in [4.69, 9.17) is 4.42 Å². The molecule has 2 atom stereocenters. The largest absolute Gasteiger partial charge is 0.508 e. The number of phenolic OH excluding ortho intramolecular Hbond substituents is 1. The second kappa shape index (κ2) is 7.88. The van der Waals surface area contributed by atoms with Crippen LogP contribution in [-0.2, 0) is 12.0 Å². The normalized spacial score (nSPS) is 14.6. The van der Waals surface area contributed by atoms with Crippen molar-refractivity contribution in [3.8, 4) is 5.75 Å². The van der Waals surface area contributed by atoms with Gasteiger partial charge in [0.1, 0.15) is 17.1 Å². The minimum atomic E-state index is -1.25. The minimum Gasteiger partial charge on any atom is -0.508 e. The van der Waals surface area contributed by atoms with Crippen LogP contribution in [0.1, 0.15) is 31.6 Å². The molecule has 4 N–H and O–H groups in total. The molecule has 1 heterocycles. The molecule has 2 unspecified atom stereocenters. The number of benzene rings is 1. The molecule has 0 aliphatic heterocycles. The summed E-state index contributed by atoms with van der Waals surface area (Å²) in [5.41, 5.74) is -0.154. The van der Waals surface area contributed by atoms with Gasteiger partial charge in [-0.05, 0) is 56.5 Å². The van der Waals surface area contributed by atoms with E-state index in [1.54, 1.807) is 31.2 Å². The number of nitrogens with one attached hydrogen (secondary N) is 2. The Morgan fingerprint density at radius 2 is 2.00 bits per heavy atom. The van der Waals surface area contributed by atoms with E-state index in [0.29, 0.717) is 5.76 Å². The average Bonchev–Trinajstić information content (AvgIpc) is 3.08. The number of rotatable bonds is 7. The van der Waals surface area contributed by atoms with E-state index in [-0.39, 0.29) is 24.4 Å². The van der Waals surface area contributed by atoms with Crippen molar-refractivity contribution in [3.63, 3.8) is 0 Å². The molecule has 2 aromatic rings. The smallest absolute Gasteiger partial charge is 0.315 e. The molecule has 24 heavy (non-hydrogen) atoms. The summed E-state index contributed by atoms with van der Waals surface area (Å²) in [7, 11) is 0. The van der Waals surface area contributed by atoms with Gasteiger partial charge in [-0.3, -0.25) is 0 Å². The summed E-state index contributed by atoms with van der Waals surface area (Å²) in [4.78, 5) is 11.9. The van der Waals surface area contributed by atoms with Crippen LogP contribution < -0.4 is 10.6 Å². The predicted molar refractivity (Wildman–Crippen MR) is 90.7 cm³/mol. The lowest BCUT2D eigenvalue weighted by Gasteiger charge is -2.22. The van der Waals surface area contributed by atoms with Gasteiger partial charge in [0, 0.05) is 6.04 Å². The second-order valence-corrected chi connectivity index (χ2v) is 6.18. The molecular formula is C18H24N2O4. The minimum absolute atomic E-state index is 0.0210. The number of amides is 2. The van der Waals surface area contributed by atoms with Crippen molar-refractivity contribution >= 4 is 6.03 Å². The molecule has 0 saturated heterocycles. The van der Waals surface area contributed by atoms with E-state index < -0.39 is 5.60 Å². The van der Waals surface area contributed by atoms with Crippen LogP contribution >= 0.6 is 0 Å². The monoisotopic (exact) mass is 332 g/mol. The van der Waals surface area contributed by atoms with Crippen molar-refractivity contribution < 1.29 is 19.4 Å². The molecule has 0 radical (unpaired) electrons. The Morgan fingerprint density at radius 3 is 2.62 bits per heavy atom. The SMILES string of the molecule is CC(CCc1ccc(O)cc1)NC(=O)NCC(C)(O)c1ccco1. The van der Waals surface area contributed by atoms with Crippen molar-refractivity contribution in [2.75, 3.05) is 6.54 Å². The summed E-state index contributed by atoms with van der Waals surface area (Å²) in [6.45, 7) is 3.56. The van der Waals surface area contributed by atoms with Crippen molar-refractivity contribution in [1.82, 2.24) is 10.6 Å². The molecule has 0 aliphatic rings. The number of aryl methyl sites for hydroxylation is 1. The van der Waals surface area contributed by atoms with Crippen LogP contribution in [0.15, 0.2) is 47.1 Å². The predicted octanol–water partition coefficient (Wildman–Crippen LogP) is 2.51. The molecule has 0 spiro atoms. The van der Waals surface area contributed by atoms with Crippen molar-refractivity contribution in [3.05, 3.63) is 54.0 Å². The zero-order valence-corrected chi connectivity index (χ0v) is 14.0. The Balaban J connectivity index is 1.72. The maximum absolute atomic E-state index is 11.9. The van der Waals surface area contributed by atoms with Crippen LogP contribution in [0.3, 0.4) is 0 Å². The molecule has 0 fully saturated rings. The Morgan fingerprint density at radius 1 is 1.29 bits per heavy atom. The van der Waals surface area contributed by atoms with E-state index in [1.165, 1.54) is 6.26 Å². The third-order valence-corrected chi connectivity index (χ3v) is 3.83. The molecule has 2 rings (SSSR count). The quantitative estimate of drug-likeness (QED) is 0.626. The highest BCUT2D eigenvalue weighted by molar-refractivity contribution is 5.74. The number of aliphatic hydroxyl groups is 1. The van der Waals surface area contributed by atoms with Gasteiger partial charge < -0.3 is 25.3 Å². The molecular weight excluding hydrogens is 308 g/mol. The number of urea groups is 1. The summed E-state index contributed by atoms with van der Waals surface area (Å²) in [6.07, 6.45) is 3.05. The zero-order valence-electron chi connectivity index (χ0n) is 14.0. The average molecular weight is 332 g/mol. The van der Waals surface area contributed by atoms with E-state index >= 15 is 0 Å². The fourth-order valence-corrected chi connectivity index (χ4v) is 2.32. The van der Waals surface area contributed by atoms with Gasteiger partial charge >= 0.3 is 6.03 Å². The van der Waals surface area contributed by atoms with Gasteiger partial charge in [-0.2, -0.15) is 0 Å². The van der Waals surface area contributed by atoms with Crippen molar-refractivity contribution in [2.45, 2.75) is 38.3 Å². The van der Waals surface area contributed by atoms with Crippen LogP contribution in [0.25, 0.3) is 0 Å². The number of hydrogen-bond donors (Lipinski definition) is 4. The third-order valence-electron chi connectivity index (χ3n) is 3.83. The maximum Gasteiger partial charge on any atom is 0.315 e. The Bertz CT molecular complexity index is 636. The van der Waals surface area contributed by atoms with E-state index in [9.17, 15) is 15.0 Å². The first-order chi connectivity index (χ1) is 11.4. The fraction of sp³-hybridized carbons (Fsp3) is 0.389. The Labute approximate surface area is 141 Å². The zero-order chi connectivity index (χ0) is 17.6. The number of phenols is 1. The molecule has 0 bridgehead atoms. The topological polar surface area (TPSA) is 94.7 Å². The Kier molecular flexibility index (Phi) is 5.87. The summed E-state index contributed by atoms with van der Waals surface area (Å²) >= 11 is 0. The number of furan rings is 1. The molecule has 0 saturated carbocycles. The van der Waals surface area contributed by atoms with Crippen molar-refractivity contribution in [2.24, 2.45) is 0 Å². The fourth-order valence-electron chi connectivity index (χ4n) is 2.32. The van der Waals surface area contributed by atoms with Gasteiger partial charge in [0.2, 0.25) is 0 Å². The molecule has 6 nitrogen and oxygen atoms in total. The van der Waals surface area contributed by atoms with Gasteiger partial charge in [0.05, 0.1) is 12.8 Å². The lowest BCUT2D eigenvalue weighted by Crippen LogP contribution is -2.46. The number of aromatic hydroxyl groups is 1. The summed E-state index contributed by atoms with van der Waals surface area (Å²) < 4.78 is 5.17. The number of carbonyl (C=O) groups excluding carboxylic acids is 1. The van der Waals surface area contributed by atoms with Crippen LogP contribution in [0.5, 0.6) is 5.75 Å². The van der Waals surface area contributed by atoms with E-state index in [2.05, 4.69) is 10.6 Å². The highest BCUT2D eigenvalue weighted by Gasteiger charge is 2.26. The van der Waals surface area contributed by atoms with Crippen LogP contribution in [0.2, 0.25) is 0 Å². The van der Waals surface area contributed by atoms with E-state index in [0.717, 1.165) is 18.4 Å². The number of hydrogen-bond acceptors (Lipinski definition) is 4. The van der Waals surface area contributed by atoms with Crippen LogP contribution in [-0.4, -0.2) is 28.8 Å². The van der Waals surface area contributed by atoms with Crippen LogP contribution in [0, 0.1) is 0 Å². The standard InChI is InChI=1S/C18H24N2O4/c1-13(5-6-14-7-9-15(21)10-8-14)20-17(22)19-12-18(2,23)16-4-3-11-24-16/h3-4,7-11,13,21,23H,5-6,12H2,1-2H3,(H2,19,20,22).